The number of aromatic nitrogens is 1. The summed E-state index contributed by atoms with van der Waals surface area (Å²) in [5, 5.41) is 3.60. The Kier molecular flexibility index (Phi) is 7.86. The number of thiazole rings is 1. The fraction of sp³-hybridized carbons (Fsp3) is 0.269. The van der Waals surface area contributed by atoms with E-state index in [1.807, 2.05) is 31.2 Å². The van der Waals surface area contributed by atoms with Gasteiger partial charge in [-0.2, -0.15) is 4.31 Å². The number of morpholine rings is 1. The van der Waals surface area contributed by atoms with Crippen LogP contribution in [0.15, 0.2) is 58.8 Å². The first-order chi connectivity index (χ1) is 18.3. The molecule has 0 unspecified atom stereocenters. The number of fused-ring (bicyclic) bond motifs is 1. The van der Waals surface area contributed by atoms with Crippen molar-refractivity contribution in [2.45, 2.75) is 17.6 Å². The number of nitrogens with zero attached hydrogens (tertiary/aromatic N) is 2. The maximum Gasteiger partial charge on any atom is 0.311 e. The molecule has 12 heteroatoms. The first kappa shape index (κ1) is 26.4. The molecule has 1 amide bonds. The normalized spacial score (nSPS) is 14.4. The van der Waals surface area contributed by atoms with Crippen LogP contribution >= 0.6 is 22.7 Å². The number of anilines is 1. The van der Waals surface area contributed by atoms with Gasteiger partial charge in [0, 0.05) is 29.2 Å². The Hall–Kier alpha value is -3.16. The lowest BCUT2D eigenvalue weighted by Gasteiger charge is -2.25. The SMILES string of the molecule is Cc1ccc2nc(-c3ccc(NC(=O)COC(=O)Cc4ccc(S(=O)(=O)N5CCOCC5)s4)cc3)sc2c1. The third-order valence-electron chi connectivity index (χ3n) is 5.84. The van der Waals surface area contributed by atoms with Gasteiger partial charge in [0.2, 0.25) is 0 Å². The van der Waals surface area contributed by atoms with Crippen LogP contribution in [0, 0.1) is 6.92 Å². The molecule has 1 aliphatic rings. The van der Waals surface area contributed by atoms with Crippen molar-refractivity contribution in [2.75, 3.05) is 38.2 Å². The van der Waals surface area contributed by atoms with E-state index in [2.05, 4.69) is 16.4 Å². The van der Waals surface area contributed by atoms with Gasteiger partial charge in [-0.3, -0.25) is 9.59 Å². The molecule has 0 saturated carbocycles. The molecule has 38 heavy (non-hydrogen) atoms. The van der Waals surface area contributed by atoms with Gasteiger partial charge in [-0.15, -0.1) is 22.7 Å². The van der Waals surface area contributed by atoms with E-state index < -0.39 is 28.5 Å². The second-order valence-corrected chi connectivity index (χ2v) is 13.1. The fourth-order valence-electron chi connectivity index (χ4n) is 3.89. The van der Waals surface area contributed by atoms with Crippen LogP contribution in [0.1, 0.15) is 10.4 Å². The molecular formula is C26H25N3O6S3. The highest BCUT2D eigenvalue weighted by Crippen LogP contribution is 2.31. The molecule has 3 heterocycles. The molecule has 0 radical (unpaired) electrons. The highest BCUT2D eigenvalue weighted by molar-refractivity contribution is 7.91. The molecule has 1 N–H and O–H groups in total. The number of benzene rings is 2. The summed E-state index contributed by atoms with van der Waals surface area (Å²) in [6.45, 7) is 2.93. The van der Waals surface area contributed by atoms with Gasteiger partial charge in [-0.05, 0) is 61.0 Å². The number of sulfonamides is 1. The van der Waals surface area contributed by atoms with Crippen molar-refractivity contribution in [3.05, 3.63) is 65.0 Å². The van der Waals surface area contributed by atoms with Crippen LogP contribution in [0.2, 0.25) is 0 Å². The Morgan fingerprint density at radius 1 is 1.05 bits per heavy atom. The van der Waals surface area contributed by atoms with E-state index in [-0.39, 0.29) is 10.6 Å². The minimum atomic E-state index is -3.61. The quantitative estimate of drug-likeness (QED) is 0.317. The summed E-state index contributed by atoms with van der Waals surface area (Å²) >= 11 is 2.63. The summed E-state index contributed by atoms with van der Waals surface area (Å²) in [5.74, 6) is -1.08. The van der Waals surface area contributed by atoms with E-state index in [0.29, 0.717) is 36.9 Å². The molecule has 4 aromatic rings. The predicted octanol–water partition coefficient (Wildman–Crippen LogP) is 4.08. The minimum absolute atomic E-state index is 0.118. The van der Waals surface area contributed by atoms with Crippen LogP contribution in [-0.2, 0) is 35.5 Å². The number of amides is 1. The highest BCUT2D eigenvalue weighted by Gasteiger charge is 2.28. The standard InChI is InChI=1S/C26H25N3O6S3/c1-17-2-8-21-22(14-17)37-26(28-21)18-3-5-19(6-4-18)27-23(30)16-35-24(31)15-20-7-9-25(36-20)38(32,33)29-10-12-34-13-11-29/h2-9,14H,10-13,15-16H2,1H3,(H,27,30). The van der Waals surface area contributed by atoms with Gasteiger partial charge in [0.1, 0.15) is 9.22 Å². The zero-order valence-corrected chi connectivity index (χ0v) is 23.0. The molecule has 1 aliphatic heterocycles. The van der Waals surface area contributed by atoms with E-state index in [1.165, 1.54) is 15.9 Å². The van der Waals surface area contributed by atoms with Gasteiger partial charge in [0.15, 0.2) is 6.61 Å². The van der Waals surface area contributed by atoms with Crippen LogP contribution in [0.25, 0.3) is 20.8 Å². The highest BCUT2D eigenvalue weighted by atomic mass is 32.2. The summed E-state index contributed by atoms with van der Waals surface area (Å²) in [4.78, 5) is 29.8. The average molecular weight is 572 g/mol. The Balaban J connectivity index is 1.11. The molecule has 1 fully saturated rings. The molecule has 5 rings (SSSR count). The predicted molar refractivity (Wildman–Crippen MR) is 147 cm³/mol. The Morgan fingerprint density at radius 2 is 1.82 bits per heavy atom. The summed E-state index contributed by atoms with van der Waals surface area (Å²) in [5.41, 5.74) is 3.65. The first-order valence-corrected chi connectivity index (χ1v) is 14.9. The maximum atomic E-state index is 12.7. The molecule has 1 saturated heterocycles. The second kappa shape index (κ2) is 11.3. The van der Waals surface area contributed by atoms with Gasteiger partial charge in [-0.25, -0.2) is 13.4 Å². The second-order valence-electron chi connectivity index (χ2n) is 8.69. The maximum absolute atomic E-state index is 12.7. The first-order valence-electron chi connectivity index (χ1n) is 11.9. The number of rotatable bonds is 8. The molecule has 9 nitrogen and oxygen atoms in total. The van der Waals surface area contributed by atoms with E-state index in [4.69, 9.17) is 9.47 Å². The topological polar surface area (TPSA) is 115 Å². The number of carbonyl (C=O) groups excluding carboxylic acids is 2. The van der Waals surface area contributed by atoms with E-state index in [0.717, 1.165) is 32.1 Å². The molecule has 2 aromatic carbocycles. The van der Waals surface area contributed by atoms with Gasteiger partial charge in [0.25, 0.3) is 15.9 Å². The largest absolute Gasteiger partial charge is 0.455 e. The number of aryl methyl sites for hydroxylation is 1. The van der Waals surface area contributed by atoms with Crippen molar-refractivity contribution in [2.24, 2.45) is 0 Å². The summed E-state index contributed by atoms with van der Waals surface area (Å²) < 4.78 is 38.5. The molecule has 0 bridgehead atoms. The lowest BCUT2D eigenvalue weighted by atomic mass is 10.2. The third-order valence-corrected chi connectivity index (χ3v) is 10.4. The van der Waals surface area contributed by atoms with Crippen molar-refractivity contribution in [1.29, 1.82) is 0 Å². The molecule has 0 spiro atoms. The third kappa shape index (κ3) is 6.11. The van der Waals surface area contributed by atoms with Crippen molar-refractivity contribution >= 4 is 60.5 Å². The number of nitrogens with one attached hydrogen (secondary N) is 1. The molecule has 0 atom stereocenters. The van der Waals surface area contributed by atoms with Gasteiger partial charge in [-0.1, -0.05) is 6.07 Å². The van der Waals surface area contributed by atoms with Crippen molar-refractivity contribution < 1.29 is 27.5 Å². The number of esters is 1. The fourth-order valence-corrected chi connectivity index (χ4v) is 7.87. The monoisotopic (exact) mass is 571 g/mol. The van der Waals surface area contributed by atoms with Crippen LogP contribution < -0.4 is 5.32 Å². The lowest BCUT2D eigenvalue weighted by molar-refractivity contribution is -0.146. The van der Waals surface area contributed by atoms with E-state index in [9.17, 15) is 18.0 Å². The smallest absolute Gasteiger partial charge is 0.311 e. The Bertz CT molecular complexity index is 1570. The van der Waals surface area contributed by atoms with E-state index >= 15 is 0 Å². The van der Waals surface area contributed by atoms with Crippen LogP contribution in [-0.4, -0.2) is 62.5 Å². The summed E-state index contributed by atoms with van der Waals surface area (Å²) in [6.07, 6.45) is -0.118. The minimum Gasteiger partial charge on any atom is -0.455 e. The number of ether oxygens (including phenoxy) is 2. The molecule has 2 aromatic heterocycles. The zero-order valence-electron chi connectivity index (χ0n) is 20.5. The van der Waals surface area contributed by atoms with Crippen molar-refractivity contribution in [1.82, 2.24) is 9.29 Å². The van der Waals surface area contributed by atoms with Gasteiger partial charge < -0.3 is 14.8 Å². The molecular weight excluding hydrogens is 547 g/mol. The van der Waals surface area contributed by atoms with Crippen LogP contribution in [0.3, 0.4) is 0 Å². The lowest BCUT2D eigenvalue weighted by Crippen LogP contribution is -2.40. The Labute approximate surface area is 228 Å². The number of hydrogen-bond acceptors (Lipinski definition) is 9. The number of carbonyl (C=O) groups is 2. The number of hydrogen-bond donors (Lipinski definition) is 1. The van der Waals surface area contributed by atoms with Gasteiger partial charge >= 0.3 is 5.97 Å². The number of thiophene rings is 1. The van der Waals surface area contributed by atoms with Crippen LogP contribution in [0.4, 0.5) is 5.69 Å². The summed E-state index contributed by atoms with van der Waals surface area (Å²) in [6, 6.07) is 16.5. The van der Waals surface area contributed by atoms with E-state index in [1.54, 1.807) is 29.5 Å². The summed E-state index contributed by atoms with van der Waals surface area (Å²) in [7, 11) is -3.61. The Morgan fingerprint density at radius 3 is 2.58 bits per heavy atom. The van der Waals surface area contributed by atoms with Crippen molar-refractivity contribution in [3.8, 4) is 10.6 Å². The van der Waals surface area contributed by atoms with Crippen LogP contribution in [0.5, 0.6) is 0 Å². The zero-order chi connectivity index (χ0) is 26.7. The molecule has 198 valence electrons. The molecule has 0 aliphatic carbocycles. The van der Waals surface area contributed by atoms with Gasteiger partial charge in [0.05, 0.1) is 29.9 Å². The van der Waals surface area contributed by atoms with Crippen molar-refractivity contribution in [3.63, 3.8) is 0 Å². The average Bonchev–Trinajstić information content (AvgIpc) is 3.56.